The molecule has 5 rings (SSSR count). The topological polar surface area (TPSA) is 86.0 Å². The largest absolute Gasteiger partial charge is 0.416 e. The molecule has 0 radical (unpaired) electrons. The lowest BCUT2D eigenvalue weighted by atomic mass is 9.77. The fourth-order valence-electron chi connectivity index (χ4n) is 5.59. The van der Waals surface area contributed by atoms with Gasteiger partial charge in [0.2, 0.25) is 0 Å². The van der Waals surface area contributed by atoms with Crippen LogP contribution in [0.25, 0.3) is 11.0 Å². The van der Waals surface area contributed by atoms with Gasteiger partial charge < -0.3 is 15.2 Å². The summed E-state index contributed by atoms with van der Waals surface area (Å²) in [4.78, 5) is 6.58. The first kappa shape index (κ1) is 29.9. The Morgan fingerprint density at radius 1 is 1.00 bits per heavy atom. The van der Waals surface area contributed by atoms with E-state index in [2.05, 4.69) is 10.3 Å². The molecule has 3 aromatic heterocycles. The molecule has 0 saturated heterocycles. The maximum Gasteiger partial charge on any atom is 0.416 e. The number of hydrogen-bond acceptors (Lipinski definition) is 6. The molecular weight excluding hydrogens is 562 g/mol. The summed E-state index contributed by atoms with van der Waals surface area (Å²) >= 11 is 0. The van der Waals surface area contributed by atoms with Crippen LogP contribution in [0.15, 0.2) is 34.9 Å². The summed E-state index contributed by atoms with van der Waals surface area (Å²) in [5.74, 6) is 1.15. The highest BCUT2D eigenvalue weighted by Gasteiger charge is 2.37. The number of nitrogens with two attached hydrogens (primary N) is 1. The molecule has 1 aromatic carbocycles. The number of fused-ring (bicyclic) bond motifs is 1. The number of anilines is 1. The lowest BCUT2D eigenvalue weighted by Crippen LogP contribution is -2.27. The first-order valence-electron chi connectivity index (χ1n) is 13.7. The fourth-order valence-corrected chi connectivity index (χ4v) is 5.59. The molecule has 0 spiro atoms. The fraction of sp³-hybridized carbons (Fsp3) is 0.483. The summed E-state index contributed by atoms with van der Waals surface area (Å²) in [7, 11) is 1.80. The van der Waals surface area contributed by atoms with Crippen LogP contribution in [0.2, 0.25) is 0 Å². The van der Waals surface area contributed by atoms with E-state index in [0.717, 1.165) is 53.7 Å². The van der Waals surface area contributed by atoms with E-state index in [-0.39, 0.29) is 36.5 Å². The second-order valence-electron chi connectivity index (χ2n) is 11.1. The van der Waals surface area contributed by atoms with Crippen LogP contribution in [0, 0.1) is 19.8 Å². The average Bonchev–Trinajstić information content (AvgIpc) is 3.43. The number of benzene rings is 1. The number of rotatable bonds is 9. The van der Waals surface area contributed by atoms with E-state index in [0.29, 0.717) is 23.9 Å². The molecule has 0 bridgehead atoms. The Kier molecular flexibility index (Phi) is 7.99. The molecule has 42 heavy (non-hydrogen) atoms. The van der Waals surface area contributed by atoms with Gasteiger partial charge in [0, 0.05) is 44.1 Å². The molecule has 1 aliphatic carbocycles. The lowest BCUT2D eigenvalue weighted by molar-refractivity contribution is -0.143. The molecule has 226 valence electrons. The Morgan fingerprint density at radius 2 is 1.67 bits per heavy atom. The van der Waals surface area contributed by atoms with E-state index in [1.54, 1.807) is 29.6 Å². The van der Waals surface area contributed by atoms with Crippen molar-refractivity contribution in [2.45, 2.75) is 70.9 Å². The molecule has 0 amide bonds. The van der Waals surface area contributed by atoms with Crippen LogP contribution in [-0.2, 0) is 32.5 Å². The Hall–Kier alpha value is -3.61. The molecule has 13 heteroatoms. The molecule has 4 aromatic rings. The van der Waals surface area contributed by atoms with Gasteiger partial charge in [-0.15, -0.1) is 0 Å². The van der Waals surface area contributed by atoms with E-state index < -0.39 is 23.5 Å². The standard InChI is InChI=1S/C29H32F6N6O/c1-16-7-25(39-42-16)41(14-19-9-22(28(30,31)32)12-23(10-19)29(33,34)35)15-21-11-24-17(2)38-40(3)27(24)37-26(21)20(13-36)8-18-5-4-6-18/h7,9-12,18,20H,4-6,8,13-15,36H2,1-3H3. The van der Waals surface area contributed by atoms with Crippen LogP contribution in [0.1, 0.15) is 71.0 Å². The molecular formula is C29H32F6N6O. The zero-order chi connectivity index (χ0) is 30.4. The van der Waals surface area contributed by atoms with E-state index in [1.807, 2.05) is 13.0 Å². The minimum atomic E-state index is -4.96. The normalized spacial score (nSPS) is 15.3. The highest BCUT2D eigenvalue weighted by molar-refractivity contribution is 5.79. The molecule has 7 nitrogen and oxygen atoms in total. The van der Waals surface area contributed by atoms with Crippen molar-refractivity contribution in [1.29, 1.82) is 0 Å². The second-order valence-corrected chi connectivity index (χ2v) is 11.1. The first-order chi connectivity index (χ1) is 19.7. The minimum absolute atomic E-state index is 0.0869. The summed E-state index contributed by atoms with van der Waals surface area (Å²) in [6.45, 7) is 3.64. The predicted octanol–water partition coefficient (Wildman–Crippen LogP) is 7.05. The van der Waals surface area contributed by atoms with Crippen LogP contribution in [0.4, 0.5) is 32.2 Å². The van der Waals surface area contributed by atoms with Gasteiger partial charge in [-0.05, 0) is 61.6 Å². The van der Waals surface area contributed by atoms with Crippen molar-refractivity contribution >= 4 is 16.9 Å². The van der Waals surface area contributed by atoms with Crippen LogP contribution in [-0.4, -0.2) is 26.5 Å². The Balaban J connectivity index is 1.60. The smallest absolute Gasteiger partial charge is 0.360 e. The van der Waals surface area contributed by atoms with Crippen molar-refractivity contribution in [2.24, 2.45) is 18.7 Å². The number of halogens is 6. The molecule has 1 atom stereocenters. The third kappa shape index (κ3) is 6.25. The number of aromatic nitrogens is 4. The van der Waals surface area contributed by atoms with Crippen molar-refractivity contribution in [2.75, 3.05) is 11.4 Å². The summed E-state index contributed by atoms with van der Waals surface area (Å²) in [6, 6.07) is 5.14. The van der Waals surface area contributed by atoms with Crippen LogP contribution in [0.3, 0.4) is 0 Å². The van der Waals surface area contributed by atoms with Crippen molar-refractivity contribution in [3.63, 3.8) is 0 Å². The van der Waals surface area contributed by atoms with Gasteiger partial charge in [0.05, 0.1) is 22.5 Å². The van der Waals surface area contributed by atoms with Gasteiger partial charge in [0.1, 0.15) is 5.76 Å². The highest BCUT2D eigenvalue weighted by atomic mass is 19.4. The molecule has 1 aliphatic rings. The van der Waals surface area contributed by atoms with Gasteiger partial charge in [0.25, 0.3) is 0 Å². The quantitative estimate of drug-likeness (QED) is 0.209. The monoisotopic (exact) mass is 594 g/mol. The van der Waals surface area contributed by atoms with E-state index in [1.165, 1.54) is 6.42 Å². The van der Waals surface area contributed by atoms with Gasteiger partial charge in [-0.25, -0.2) is 4.98 Å². The number of nitrogens with zero attached hydrogens (tertiary/aromatic N) is 5. The third-order valence-corrected chi connectivity index (χ3v) is 7.95. The first-order valence-corrected chi connectivity index (χ1v) is 13.7. The molecule has 0 aliphatic heterocycles. The number of hydrogen-bond donors (Lipinski definition) is 1. The Morgan fingerprint density at radius 3 is 2.19 bits per heavy atom. The third-order valence-electron chi connectivity index (χ3n) is 7.95. The summed E-state index contributed by atoms with van der Waals surface area (Å²) < 4.78 is 88.6. The van der Waals surface area contributed by atoms with Crippen molar-refractivity contribution in [1.82, 2.24) is 19.9 Å². The van der Waals surface area contributed by atoms with Crippen molar-refractivity contribution in [3.8, 4) is 0 Å². The lowest BCUT2D eigenvalue weighted by Gasteiger charge is -2.31. The number of aryl methyl sites for hydroxylation is 3. The van der Waals surface area contributed by atoms with Gasteiger partial charge in [-0.1, -0.05) is 24.4 Å². The van der Waals surface area contributed by atoms with Gasteiger partial charge in [0.15, 0.2) is 11.5 Å². The maximum absolute atomic E-state index is 13.6. The van der Waals surface area contributed by atoms with Crippen LogP contribution in [0.5, 0.6) is 0 Å². The predicted molar refractivity (Wildman–Crippen MR) is 145 cm³/mol. The number of pyridine rings is 1. The molecule has 1 fully saturated rings. The Bertz CT molecular complexity index is 1540. The summed E-state index contributed by atoms with van der Waals surface area (Å²) in [6.07, 6.45) is -5.69. The molecule has 1 saturated carbocycles. The zero-order valence-corrected chi connectivity index (χ0v) is 23.5. The minimum Gasteiger partial charge on any atom is -0.360 e. The van der Waals surface area contributed by atoms with E-state index in [4.69, 9.17) is 15.2 Å². The molecule has 3 heterocycles. The average molecular weight is 595 g/mol. The highest BCUT2D eigenvalue weighted by Crippen LogP contribution is 2.39. The van der Waals surface area contributed by atoms with Crippen molar-refractivity contribution in [3.05, 3.63) is 69.7 Å². The molecule has 1 unspecified atom stereocenters. The van der Waals surface area contributed by atoms with Crippen LogP contribution < -0.4 is 10.6 Å². The van der Waals surface area contributed by atoms with Crippen LogP contribution >= 0.6 is 0 Å². The van der Waals surface area contributed by atoms with Gasteiger partial charge in [-0.2, -0.15) is 31.4 Å². The molecule has 2 N–H and O–H groups in total. The second kappa shape index (κ2) is 11.2. The zero-order valence-electron chi connectivity index (χ0n) is 23.5. The summed E-state index contributed by atoms with van der Waals surface area (Å²) in [5.41, 5.74) is 6.25. The SMILES string of the molecule is Cc1cc(N(Cc2cc(C(F)(F)F)cc(C(F)(F)F)c2)Cc2cc3c(C)nn(C)c3nc2C(CN)CC2CCC2)no1. The summed E-state index contributed by atoms with van der Waals surface area (Å²) in [5, 5.41) is 9.33. The maximum atomic E-state index is 13.6. The van der Waals surface area contributed by atoms with Crippen molar-refractivity contribution < 1.29 is 30.9 Å². The Labute approximate surface area is 238 Å². The number of alkyl halides is 6. The van der Waals surface area contributed by atoms with E-state index >= 15 is 0 Å². The van der Waals surface area contributed by atoms with Gasteiger partial charge >= 0.3 is 12.4 Å². The van der Waals surface area contributed by atoms with Gasteiger partial charge in [-0.3, -0.25) is 4.68 Å². The van der Waals surface area contributed by atoms with E-state index in [9.17, 15) is 26.3 Å².